The highest BCUT2D eigenvalue weighted by Crippen LogP contribution is 2.33. The number of cyclic esters (lactones) is 1. The van der Waals surface area contributed by atoms with Crippen LogP contribution >= 0.6 is 0 Å². The first-order chi connectivity index (χ1) is 10.8. The van der Waals surface area contributed by atoms with E-state index >= 15 is 0 Å². The Hall–Kier alpha value is -2.04. The molecule has 0 radical (unpaired) electrons. The van der Waals surface area contributed by atoms with E-state index in [4.69, 9.17) is 4.74 Å². The number of nitrogens with zero attached hydrogens (tertiary/aromatic N) is 1. The van der Waals surface area contributed by atoms with E-state index in [1.54, 1.807) is 0 Å². The van der Waals surface area contributed by atoms with Crippen molar-refractivity contribution in [3.63, 3.8) is 0 Å². The summed E-state index contributed by atoms with van der Waals surface area (Å²) in [6.07, 6.45) is 0.355. The third-order valence-electron chi connectivity index (χ3n) is 3.94. The van der Waals surface area contributed by atoms with Crippen LogP contribution in [0.25, 0.3) is 0 Å². The van der Waals surface area contributed by atoms with Gasteiger partial charge in [-0.15, -0.1) is 0 Å². The molecule has 0 saturated carbocycles. The van der Waals surface area contributed by atoms with Crippen LogP contribution in [0.3, 0.4) is 0 Å². The molecular formula is C18H26N2O3. The molecule has 1 N–H and O–H groups in total. The van der Waals surface area contributed by atoms with Crippen LogP contribution in [0.2, 0.25) is 0 Å². The normalized spacial score (nSPS) is 16.7. The Kier molecular flexibility index (Phi) is 5.29. The molecule has 0 bridgehead atoms. The Balaban J connectivity index is 2.09. The number of aryl methyl sites for hydroxylation is 1. The van der Waals surface area contributed by atoms with Gasteiger partial charge in [0.25, 0.3) is 0 Å². The summed E-state index contributed by atoms with van der Waals surface area (Å²) in [6.45, 7) is 9.36. The molecule has 0 spiro atoms. The van der Waals surface area contributed by atoms with Crippen molar-refractivity contribution >= 4 is 12.0 Å². The minimum absolute atomic E-state index is 0.0389. The van der Waals surface area contributed by atoms with Gasteiger partial charge in [0.2, 0.25) is 5.91 Å². The zero-order chi connectivity index (χ0) is 17.0. The van der Waals surface area contributed by atoms with Gasteiger partial charge in [-0.1, -0.05) is 50.6 Å². The van der Waals surface area contributed by atoms with Gasteiger partial charge in [-0.3, -0.25) is 9.69 Å². The predicted molar refractivity (Wildman–Crippen MR) is 89.1 cm³/mol. The molecule has 2 rings (SSSR count). The average molecular weight is 318 g/mol. The van der Waals surface area contributed by atoms with Crippen molar-refractivity contribution in [1.82, 2.24) is 10.2 Å². The van der Waals surface area contributed by atoms with Crippen LogP contribution < -0.4 is 5.32 Å². The molecule has 1 fully saturated rings. The molecule has 0 aliphatic carbocycles. The third kappa shape index (κ3) is 4.71. The molecule has 1 aliphatic heterocycles. The molecule has 1 aromatic rings. The van der Waals surface area contributed by atoms with Crippen LogP contribution in [-0.2, 0) is 9.53 Å². The van der Waals surface area contributed by atoms with Gasteiger partial charge in [0.1, 0.15) is 6.54 Å². The largest absolute Gasteiger partial charge is 0.449 e. The first-order valence-electron chi connectivity index (χ1n) is 8.05. The van der Waals surface area contributed by atoms with E-state index < -0.39 is 6.09 Å². The summed E-state index contributed by atoms with van der Waals surface area (Å²) in [5.41, 5.74) is 2.10. The van der Waals surface area contributed by atoms with Crippen molar-refractivity contribution in [3.8, 4) is 0 Å². The summed E-state index contributed by atoms with van der Waals surface area (Å²) in [6, 6.07) is 8.03. The Labute approximate surface area is 138 Å². The molecule has 23 heavy (non-hydrogen) atoms. The predicted octanol–water partition coefficient (Wildman–Crippen LogP) is 3.04. The molecule has 1 heterocycles. The fraction of sp³-hybridized carbons (Fsp3) is 0.556. The average Bonchev–Trinajstić information content (AvgIpc) is 2.46. The standard InChI is InChI=1S/C18H26N2O3/c1-13-7-5-8-14(11-13)16(18(2,3)4)19-15(21)12-20-9-6-10-23-17(20)22/h5,7-8,11,16H,6,9-10,12H2,1-4H3,(H,19,21)/t16-/m0/s1. The highest BCUT2D eigenvalue weighted by atomic mass is 16.6. The number of carbonyl (C=O) groups excluding carboxylic acids is 2. The lowest BCUT2D eigenvalue weighted by Crippen LogP contribution is -2.46. The molecule has 126 valence electrons. The summed E-state index contributed by atoms with van der Waals surface area (Å²) >= 11 is 0. The third-order valence-corrected chi connectivity index (χ3v) is 3.94. The van der Waals surface area contributed by atoms with Crippen LogP contribution in [0, 0.1) is 12.3 Å². The van der Waals surface area contributed by atoms with Gasteiger partial charge in [0.15, 0.2) is 0 Å². The molecule has 0 aromatic heterocycles. The monoisotopic (exact) mass is 318 g/mol. The number of ether oxygens (including phenoxy) is 1. The van der Waals surface area contributed by atoms with Crippen molar-refractivity contribution in [2.75, 3.05) is 19.7 Å². The molecule has 1 atom stereocenters. The number of hydrogen-bond acceptors (Lipinski definition) is 3. The number of nitrogens with one attached hydrogen (secondary N) is 1. The van der Waals surface area contributed by atoms with Crippen molar-refractivity contribution < 1.29 is 14.3 Å². The Morgan fingerprint density at radius 1 is 1.39 bits per heavy atom. The van der Waals surface area contributed by atoms with E-state index in [1.165, 1.54) is 4.90 Å². The van der Waals surface area contributed by atoms with Crippen molar-refractivity contribution in [2.24, 2.45) is 5.41 Å². The van der Waals surface area contributed by atoms with Gasteiger partial charge in [0.05, 0.1) is 12.6 Å². The van der Waals surface area contributed by atoms with Crippen LogP contribution in [0.5, 0.6) is 0 Å². The second-order valence-electron chi connectivity index (χ2n) is 7.17. The number of rotatable bonds is 4. The Bertz CT molecular complexity index is 578. The molecule has 5 heteroatoms. The van der Waals surface area contributed by atoms with Crippen LogP contribution in [0.4, 0.5) is 4.79 Å². The van der Waals surface area contributed by atoms with E-state index in [1.807, 2.05) is 25.1 Å². The maximum absolute atomic E-state index is 12.4. The number of carbonyl (C=O) groups is 2. The summed E-state index contributed by atoms with van der Waals surface area (Å²) in [5, 5.41) is 3.08. The van der Waals surface area contributed by atoms with Crippen LogP contribution in [-0.4, -0.2) is 36.6 Å². The van der Waals surface area contributed by atoms with E-state index in [9.17, 15) is 9.59 Å². The van der Waals surface area contributed by atoms with Crippen LogP contribution in [0.15, 0.2) is 24.3 Å². The van der Waals surface area contributed by atoms with E-state index in [2.05, 4.69) is 32.2 Å². The highest BCUT2D eigenvalue weighted by Gasteiger charge is 2.29. The fourth-order valence-electron chi connectivity index (χ4n) is 2.77. The van der Waals surface area contributed by atoms with E-state index in [0.29, 0.717) is 13.2 Å². The lowest BCUT2D eigenvalue weighted by molar-refractivity contribution is -0.123. The molecule has 2 amide bonds. The minimum Gasteiger partial charge on any atom is -0.449 e. The van der Waals surface area contributed by atoms with Gasteiger partial charge in [-0.05, 0) is 24.3 Å². The first kappa shape index (κ1) is 17.3. The van der Waals surface area contributed by atoms with Crippen LogP contribution in [0.1, 0.15) is 44.4 Å². The summed E-state index contributed by atoms with van der Waals surface area (Å²) < 4.78 is 4.97. The maximum Gasteiger partial charge on any atom is 0.410 e. The molecule has 0 unspecified atom stereocenters. The number of hydrogen-bond donors (Lipinski definition) is 1. The molecule has 1 aliphatic rings. The summed E-state index contributed by atoms with van der Waals surface area (Å²) in [5.74, 6) is -0.162. The smallest absolute Gasteiger partial charge is 0.410 e. The van der Waals surface area contributed by atoms with Gasteiger partial charge in [-0.25, -0.2) is 4.79 Å². The number of benzene rings is 1. The zero-order valence-electron chi connectivity index (χ0n) is 14.4. The first-order valence-corrected chi connectivity index (χ1v) is 8.05. The highest BCUT2D eigenvalue weighted by molar-refractivity contribution is 5.82. The SMILES string of the molecule is Cc1cccc([C@H](NC(=O)CN2CCCOC2=O)C(C)(C)C)c1. The Morgan fingerprint density at radius 3 is 2.74 bits per heavy atom. The molecular weight excluding hydrogens is 292 g/mol. The van der Waals surface area contributed by atoms with Crippen molar-refractivity contribution in [1.29, 1.82) is 0 Å². The zero-order valence-corrected chi connectivity index (χ0v) is 14.4. The number of amides is 2. The lowest BCUT2D eigenvalue weighted by Gasteiger charge is -2.33. The quantitative estimate of drug-likeness (QED) is 0.928. The van der Waals surface area contributed by atoms with E-state index in [0.717, 1.165) is 17.5 Å². The molecule has 1 saturated heterocycles. The van der Waals surface area contributed by atoms with Crippen molar-refractivity contribution in [2.45, 2.75) is 40.2 Å². The second-order valence-corrected chi connectivity index (χ2v) is 7.17. The minimum atomic E-state index is -0.408. The topological polar surface area (TPSA) is 58.6 Å². The lowest BCUT2D eigenvalue weighted by atomic mass is 9.82. The fourth-order valence-corrected chi connectivity index (χ4v) is 2.77. The van der Waals surface area contributed by atoms with Crippen molar-refractivity contribution in [3.05, 3.63) is 35.4 Å². The second kappa shape index (κ2) is 7.02. The van der Waals surface area contributed by atoms with Gasteiger partial charge >= 0.3 is 6.09 Å². The molecule has 5 nitrogen and oxygen atoms in total. The van der Waals surface area contributed by atoms with Gasteiger partial charge in [-0.2, -0.15) is 0 Å². The van der Waals surface area contributed by atoms with E-state index in [-0.39, 0.29) is 23.9 Å². The van der Waals surface area contributed by atoms with Gasteiger partial charge in [0, 0.05) is 6.54 Å². The van der Waals surface area contributed by atoms with Gasteiger partial charge < -0.3 is 10.1 Å². The maximum atomic E-state index is 12.4. The Morgan fingerprint density at radius 2 is 2.13 bits per heavy atom. The molecule has 1 aromatic carbocycles. The summed E-state index contributed by atoms with van der Waals surface area (Å²) in [7, 11) is 0. The summed E-state index contributed by atoms with van der Waals surface area (Å²) in [4.78, 5) is 25.5.